The van der Waals surface area contributed by atoms with Crippen LogP contribution >= 0.6 is 11.8 Å². The molecule has 0 aliphatic carbocycles. The molecule has 26 heavy (non-hydrogen) atoms. The van der Waals surface area contributed by atoms with E-state index >= 15 is 0 Å². The van der Waals surface area contributed by atoms with Crippen molar-refractivity contribution < 1.29 is 9.53 Å². The smallest absolute Gasteiger partial charge is 0.193 e. The van der Waals surface area contributed by atoms with E-state index in [0.29, 0.717) is 0 Å². The molecule has 1 aliphatic rings. The predicted octanol–water partition coefficient (Wildman–Crippen LogP) is 4.29. The van der Waals surface area contributed by atoms with Gasteiger partial charge in [-0.05, 0) is 56.4 Å². The topological polar surface area (TPSA) is 29.5 Å². The minimum atomic E-state index is -0.0110. The summed E-state index contributed by atoms with van der Waals surface area (Å²) in [4.78, 5) is 16.7. The number of hydrogen-bond acceptors (Lipinski definition) is 4. The van der Waals surface area contributed by atoms with E-state index < -0.39 is 0 Å². The van der Waals surface area contributed by atoms with Crippen LogP contribution < -0.4 is 0 Å². The summed E-state index contributed by atoms with van der Waals surface area (Å²) in [5.41, 5.74) is 2.66. The van der Waals surface area contributed by atoms with Gasteiger partial charge in [-0.2, -0.15) is 0 Å². The number of nitrogens with zero attached hydrogens (tertiary/aromatic N) is 1. The van der Waals surface area contributed by atoms with Crippen molar-refractivity contribution in [1.29, 1.82) is 0 Å². The van der Waals surface area contributed by atoms with E-state index in [1.165, 1.54) is 4.90 Å². The summed E-state index contributed by atoms with van der Waals surface area (Å²) in [6.07, 6.45) is 2.89. The second kappa shape index (κ2) is 8.38. The van der Waals surface area contributed by atoms with Crippen LogP contribution in [0.1, 0.15) is 35.3 Å². The molecule has 1 aliphatic heterocycles. The zero-order chi connectivity index (χ0) is 18.6. The zero-order valence-corrected chi connectivity index (χ0v) is 16.6. The summed E-state index contributed by atoms with van der Waals surface area (Å²) >= 11 is 1.68. The van der Waals surface area contributed by atoms with Gasteiger partial charge in [0.1, 0.15) is 0 Å². The van der Waals surface area contributed by atoms with Crippen molar-refractivity contribution in [2.24, 2.45) is 0 Å². The van der Waals surface area contributed by atoms with Gasteiger partial charge in [0, 0.05) is 34.7 Å². The number of benzene rings is 2. The highest BCUT2D eigenvalue weighted by Crippen LogP contribution is 2.25. The summed E-state index contributed by atoms with van der Waals surface area (Å²) in [6, 6.07) is 15.9. The van der Waals surface area contributed by atoms with Crippen molar-refractivity contribution in [2.45, 2.75) is 30.7 Å². The van der Waals surface area contributed by atoms with E-state index in [1.807, 2.05) is 48.7 Å². The van der Waals surface area contributed by atoms with Gasteiger partial charge < -0.3 is 4.74 Å². The average Bonchev–Trinajstić information content (AvgIpc) is 2.68. The van der Waals surface area contributed by atoms with Crippen molar-refractivity contribution in [3.8, 4) is 0 Å². The Morgan fingerprint density at radius 1 is 1.08 bits per heavy atom. The summed E-state index contributed by atoms with van der Waals surface area (Å²) < 4.78 is 5.49. The molecule has 0 bridgehead atoms. The van der Waals surface area contributed by atoms with Gasteiger partial charge in [0.15, 0.2) is 5.78 Å². The fraction of sp³-hybridized carbons (Fsp3) is 0.409. The molecule has 0 radical (unpaired) electrons. The quantitative estimate of drug-likeness (QED) is 0.561. The standard InChI is InChI=1S/C22H27NO2S/c1-22(2,23-12-14-25-15-13-23)16-18-6-4-5-7-20(18)21(24)17-8-10-19(26-3)11-9-17/h4-11H,12-16H2,1-3H3. The lowest BCUT2D eigenvalue weighted by Crippen LogP contribution is -2.51. The van der Waals surface area contributed by atoms with E-state index in [0.717, 1.165) is 49.4 Å². The van der Waals surface area contributed by atoms with Crippen molar-refractivity contribution in [3.63, 3.8) is 0 Å². The molecule has 0 amide bonds. The number of hydrogen-bond donors (Lipinski definition) is 0. The van der Waals surface area contributed by atoms with E-state index in [4.69, 9.17) is 4.74 Å². The van der Waals surface area contributed by atoms with Gasteiger partial charge in [-0.25, -0.2) is 0 Å². The molecule has 0 aromatic heterocycles. The van der Waals surface area contributed by atoms with Crippen LogP contribution in [0.4, 0.5) is 0 Å². The largest absolute Gasteiger partial charge is 0.379 e. The maximum Gasteiger partial charge on any atom is 0.193 e. The molecule has 1 fully saturated rings. The highest BCUT2D eigenvalue weighted by Gasteiger charge is 2.29. The highest BCUT2D eigenvalue weighted by molar-refractivity contribution is 7.98. The monoisotopic (exact) mass is 369 g/mol. The lowest BCUT2D eigenvalue weighted by Gasteiger charge is -2.41. The van der Waals surface area contributed by atoms with Crippen molar-refractivity contribution in [2.75, 3.05) is 32.6 Å². The molecule has 2 aromatic rings. The Kier molecular flexibility index (Phi) is 6.17. The molecule has 3 rings (SSSR count). The first kappa shape index (κ1) is 19.2. The molecule has 3 nitrogen and oxygen atoms in total. The summed E-state index contributed by atoms with van der Waals surface area (Å²) in [5.74, 6) is 0.103. The Morgan fingerprint density at radius 3 is 2.38 bits per heavy atom. The maximum atomic E-state index is 13.1. The second-order valence-corrected chi connectivity index (χ2v) is 8.18. The third-order valence-electron chi connectivity index (χ3n) is 5.10. The Bertz CT molecular complexity index is 749. The number of thioether (sulfide) groups is 1. The van der Waals surface area contributed by atoms with E-state index in [-0.39, 0.29) is 11.3 Å². The second-order valence-electron chi connectivity index (χ2n) is 7.30. The van der Waals surface area contributed by atoms with Crippen molar-refractivity contribution >= 4 is 17.5 Å². The lowest BCUT2D eigenvalue weighted by molar-refractivity contribution is -0.00988. The Hall–Kier alpha value is -1.62. The molecule has 2 aromatic carbocycles. The van der Waals surface area contributed by atoms with E-state index in [9.17, 15) is 4.79 Å². The van der Waals surface area contributed by atoms with Gasteiger partial charge in [-0.1, -0.05) is 24.3 Å². The minimum Gasteiger partial charge on any atom is -0.379 e. The van der Waals surface area contributed by atoms with Gasteiger partial charge in [0.05, 0.1) is 13.2 Å². The van der Waals surface area contributed by atoms with Crippen LogP contribution in [0, 0.1) is 0 Å². The van der Waals surface area contributed by atoms with Crippen LogP contribution in [-0.4, -0.2) is 48.8 Å². The molecule has 138 valence electrons. The average molecular weight is 370 g/mol. The molecular weight excluding hydrogens is 342 g/mol. The van der Waals surface area contributed by atoms with E-state index in [1.54, 1.807) is 11.8 Å². The third kappa shape index (κ3) is 4.37. The van der Waals surface area contributed by atoms with Crippen LogP contribution in [-0.2, 0) is 11.2 Å². The van der Waals surface area contributed by atoms with Crippen LogP contribution in [0.25, 0.3) is 0 Å². The first-order valence-electron chi connectivity index (χ1n) is 9.11. The maximum absolute atomic E-state index is 13.1. The van der Waals surface area contributed by atoms with Crippen LogP contribution in [0.5, 0.6) is 0 Å². The fourth-order valence-electron chi connectivity index (χ4n) is 3.54. The third-order valence-corrected chi connectivity index (χ3v) is 5.85. The summed E-state index contributed by atoms with van der Waals surface area (Å²) in [7, 11) is 0. The first-order chi connectivity index (χ1) is 12.5. The molecule has 0 saturated carbocycles. The SMILES string of the molecule is CSc1ccc(C(=O)c2ccccc2CC(C)(C)N2CCOCC2)cc1. The van der Waals surface area contributed by atoms with Gasteiger partial charge in [0.25, 0.3) is 0 Å². The van der Waals surface area contributed by atoms with Gasteiger partial charge in [-0.3, -0.25) is 9.69 Å². The first-order valence-corrected chi connectivity index (χ1v) is 10.3. The van der Waals surface area contributed by atoms with Crippen molar-refractivity contribution in [3.05, 3.63) is 65.2 Å². The molecule has 1 heterocycles. The Labute approximate surface area is 160 Å². The molecule has 0 N–H and O–H groups in total. The van der Waals surface area contributed by atoms with Gasteiger partial charge in [0.2, 0.25) is 0 Å². The Morgan fingerprint density at radius 2 is 1.73 bits per heavy atom. The number of morpholine rings is 1. The van der Waals surface area contributed by atoms with Gasteiger partial charge in [-0.15, -0.1) is 11.8 Å². The summed E-state index contributed by atoms with van der Waals surface area (Å²) in [5, 5.41) is 0. The molecular formula is C22H27NO2S. The molecule has 0 unspecified atom stereocenters. The van der Waals surface area contributed by atoms with E-state index in [2.05, 4.69) is 24.8 Å². The zero-order valence-electron chi connectivity index (χ0n) is 15.8. The fourth-order valence-corrected chi connectivity index (χ4v) is 3.95. The Balaban J connectivity index is 1.84. The number of rotatable bonds is 6. The minimum absolute atomic E-state index is 0.0110. The predicted molar refractivity (Wildman–Crippen MR) is 108 cm³/mol. The van der Waals surface area contributed by atoms with Crippen LogP contribution in [0.3, 0.4) is 0 Å². The molecule has 4 heteroatoms. The molecule has 1 saturated heterocycles. The molecule has 0 atom stereocenters. The van der Waals surface area contributed by atoms with Crippen molar-refractivity contribution in [1.82, 2.24) is 4.90 Å². The number of ether oxygens (including phenoxy) is 1. The van der Waals surface area contributed by atoms with Crippen LogP contribution in [0.2, 0.25) is 0 Å². The summed E-state index contributed by atoms with van der Waals surface area (Å²) in [6.45, 7) is 7.97. The number of carbonyl (C=O) groups excluding carboxylic acids is 1. The van der Waals surface area contributed by atoms with Crippen LogP contribution in [0.15, 0.2) is 53.4 Å². The molecule has 0 spiro atoms. The normalized spacial score (nSPS) is 15.8. The number of ketones is 1. The highest BCUT2D eigenvalue weighted by atomic mass is 32.2. The van der Waals surface area contributed by atoms with Gasteiger partial charge >= 0.3 is 0 Å². The number of carbonyl (C=O) groups is 1. The lowest BCUT2D eigenvalue weighted by atomic mass is 9.88.